The molecule has 0 radical (unpaired) electrons. The molecule has 1 aromatic heterocycles. The summed E-state index contributed by atoms with van der Waals surface area (Å²) in [5.41, 5.74) is -0.0530. The number of aryl methyl sites for hydroxylation is 2. The van der Waals surface area contributed by atoms with Gasteiger partial charge in [0.2, 0.25) is 10.0 Å². The summed E-state index contributed by atoms with van der Waals surface area (Å²) in [6.07, 6.45) is 0. The first-order chi connectivity index (χ1) is 8.49. The Morgan fingerprint density at radius 2 is 1.95 bits per heavy atom. The van der Waals surface area contributed by atoms with Crippen molar-refractivity contribution in [2.75, 3.05) is 6.54 Å². The van der Waals surface area contributed by atoms with Crippen molar-refractivity contribution >= 4 is 10.0 Å². The highest BCUT2D eigenvalue weighted by Crippen LogP contribution is 2.20. The van der Waals surface area contributed by atoms with Crippen molar-refractivity contribution in [1.29, 1.82) is 0 Å². The molecule has 19 heavy (non-hydrogen) atoms. The minimum absolute atomic E-state index is 0.0270. The van der Waals surface area contributed by atoms with E-state index in [1.807, 2.05) is 13.8 Å². The fourth-order valence-electron chi connectivity index (χ4n) is 1.66. The molecule has 1 rings (SSSR count). The zero-order valence-electron chi connectivity index (χ0n) is 12.4. The molecule has 0 aromatic carbocycles. The third kappa shape index (κ3) is 3.34. The Morgan fingerprint density at radius 3 is 2.32 bits per heavy atom. The maximum Gasteiger partial charge on any atom is 0.244 e. The molecule has 6 nitrogen and oxygen atoms in total. The number of nitrogens with zero attached hydrogens (tertiary/aromatic N) is 2. The summed E-state index contributed by atoms with van der Waals surface area (Å²) in [5, 5.41) is 14.2. The summed E-state index contributed by atoms with van der Waals surface area (Å²) >= 11 is 0. The average molecular weight is 289 g/mol. The molecule has 1 aromatic rings. The molecular weight excluding hydrogens is 266 g/mol. The lowest BCUT2D eigenvalue weighted by Gasteiger charge is -2.27. The van der Waals surface area contributed by atoms with Gasteiger partial charge in [-0.3, -0.25) is 4.68 Å². The summed E-state index contributed by atoms with van der Waals surface area (Å²) in [6.45, 7) is 8.63. The normalized spacial score (nSPS) is 15.8. The third-order valence-electron chi connectivity index (χ3n) is 3.58. The Labute approximate surface area is 114 Å². The monoisotopic (exact) mass is 289 g/mol. The van der Waals surface area contributed by atoms with E-state index in [0.717, 1.165) is 0 Å². The number of aromatic nitrogens is 2. The van der Waals surface area contributed by atoms with E-state index in [1.165, 1.54) is 4.68 Å². The lowest BCUT2D eigenvalue weighted by Crippen LogP contribution is -2.44. The predicted molar refractivity (Wildman–Crippen MR) is 73.3 cm³/mol. The largest absolute Gasteiger partial charge is 0.389 e. The van der Waals surface area contributed by atoms with Gasteiger partial charge < -0.3 is 5.11 Å². The van der Waals surface area contributed by atoms with Crippen LogP contribution in [-0.2, 0) is 17.1 Å². The first kappa shape index (κ1) is 16.1. The van der Waals surface area contributed by atoms with Crippen molar-refractivity contribution in [3.63, 3.8) is 0 Å². The summed E-state index contributed by atoms with van der Waals surface area (Å²) in [5.74, 6) is -0.0497. The van der Waals surface area contributed by atoms with Crippen LogP contribution in [0.3, 0.4) is 0 Å². The van der Waals surface area contributed by atoms with Crippen molar-refractivity contribution in [3.05, 3.63) is 11.4 Å². The number of hydrogen-bond acceptors (Lipinski definition) is 4. The molecule has 0 bridgehead atoms. The Bertz CT molecular complexity index is 559. The molecule has 2 N–H and O–H groups in total. The van der Waals surface area contributed by atoms with E-state index in [0.29, 0.717) is 11.4 Å². The molecule has 0 aliphatic rings. The van der Waals surface area contributed by atoms with Gasteiger partial charge in [0, 0.05) is 13.6 Å². The van der Waals surface area contributed by atoms with Crippen LogP contribution in [0, 0.1) is 19.8 Å². The van der Waals surface area contributed by atoms with E-state index in [1.54, 1.807) is 27.8 Å². The Morgan fingerprint density at radius 1 is 1.42 bits per heavy atom. The lowest BCUT2D eigenvalue weighted by atomic mass is 9.93. The maximum atomic E-state index is 12.3. The van der Waals surface area contributed by atoms with Crippen LogP contribution in [0.25, 0.3) is 0 Å². The second-order valence-electron chi connectivity index (χ2n) is 5.46. The second kappa shape index (κ2) is 5.22. The van der Waals surface area contributed by atoms with Crippen LogP contribution in [-0.4, -0.2) is 35.5 Å². The molecule has 0 saturated carbocycles. The number of rotatable bonds is 5. The summed E-state index contributed by atoms with van der Waals surface area (Å²) in [4.78, 5) is 0.189. The van der Waals surface area contributed by atoms with Crippen LogP contribution in [0.2, 0.25) is 0 Å². The highest BCUT2D eigenvalue weighted by Gasteiger charge is 2.30. The van der Waals surface area contributed by atoms with E-state index in [2.05, 4.69) is 9.82 Å². The van der Waals surface area contributed by atoms with Gasteiger partial charge >= 0.3 is 0 Å². The molecule has 0 amide bonds. The number of hydrogen-bond donors (Lipinski definition) is 2. The topological polar surface area (TPSA) is 84.2 Å². The van der Waals surface area contributed by atoms with Gasteiger partial charge in [0.15, 0.2) is 0 Å². The molecule has 1 unspecified atom stereocenters. The first-order valence-electron chi connectivity index (χ1n) is 6.21. The molecule has 0 saturated heterocycles. The Balaban J connectivity index is 3.01. The molecule has 7 heteroatoms. The third-order valence-corrected chi connectivity index (χ3v) is 5.23. The zero-order valence-corrected chi connectivity index (χ0v) is 13.2. The summed E-state index contributed by atoms with van der Waals surface area (Å²) in [6, 6.07) is 0. The summed E-state index contributed by atoms with van der Waals surface area (Å²) in [7, 11) is -1.96. The van der Waals surface area contributed by atoms with Gasteiger partial charge in [-0.15, -0.1) is 0 Å². The fraction of sp³-hybridized carbons (Fsp3) is 0.750. The van der Waals surface area contributed by atoms with Crippen LogP contribution >= 0.6 is 0 Å². The Hall–Kier alpha value is -0.920. The van der Waals surface area contributed by atoms with Gasteiger partial charge in [-0.25, -0.2) is 13.1 Å². The van der Waals surface area contributed by atoms with Crippen LogP contribution in [0.5, 0.6) is 0 Å². The zero-order chi connectivity index (χ0) is 15.0. The Kier molecular flexibility index (Phi) is 4.44. The van der Waals surface area contributed by atoms with Crippen LogP contribution < -0.4 is 4.72 Å². The van der Waals surface area contributed by atoms with Crippen molar-refractivity contribution in [3.8, 4) is 0 Å². The van der Waals surface area contributed by atoms with Crippen molar-refractivity contribution in [1.82, 2.24) is 14.5 Å². The van der Waals surface area contributed by atoms with Gasteiger partial charge in [0.05, 0.1) is 17.0 Å². The average Bonchev–Trinajstić information content (AvgIpc) is 2.51. The molecule has 110 valence electrons. The predicted octanol–water partition coefficient (Wildman–Crippen LogP) is 0.722. The molecule has 1 atom stereocenters. The molecule has 0 aliphatic carbocycles. The fourth-order valence-corrected chi connectivity index (χ4v) is 3.24. The van der Waals surface area contributed by atoms with Gasteiger partial charge in [-0.1, -0.05) is 13.8 Å². The van der Waals surface area contributed by atoms with E-state index in [-0.39, 0.29) is 17.4 Å². The molecule has 0 spiro atoms. The highest BCUT2D eigenvalue weighted by atomic mass is 32.2. The van der Waals surface area contributed by atoms with Crippen LogP contribution in [0.15, 0.2) is 4.90 Å². The SMILES string of the molecule is Cc1nn(C)c(C)c1S(=O)(=O)NCC(C)(O)C(C)C. The molecule has 1 heterocycles. The quantitative estimate of drug-likeness (QED) is 0.836. The van der Waals surface area contributed by atoms with E-state index >= 15 is 0 Å². The van der Waals surface area contributed by atoms with E-state index < -0.39 is 15.6 Å². The van der Waals surface area contributed by atoms with Crippen LogP contribution in [0.1, 0.15) is 32.2 Å². The van der Waals surface area contributed by atoms with Crippen molar-refractivity contribution in [2.45, 2.75) is 45.1 Å². The smallest absolute Gasteiger partial charge is 0.244 e. The number of sulfonamides is 1. The number of aliphatic hydroxyl groups is 1. The molecule has 0 aliphatic heterocycles. The van der Waals surface area contributed by atoms with Gasteiger partial charge in [-0.05, 0) is 26.7 Å². The summed E-state index contributed by atoms with van der Waals surface area (Å²) < 4.78 is 28.6. The molecular formula is C12H23N3O3S. The maximum absolute atomic E-state index is 12.3. The van der Waals surface area contributed by atoms with Gasteiger partial charge in [0.25, 0.3) is 0 Å². The minimum atomic E-state index is -3.66. The van der Waals surface area contributed by atoms with Gasteiger partial charge in [-0.2, -0.15) is 5.10 Å². The highest BCUT2D eigenvalue weighted by molar-refractivity contribution is 7.89. The lowest BCUT2D eigenvalue weighted by molar-refractivity contribution is 0.0190. The molecule has 0 fully saturated rings. The van der Waals surface area contributed by atoms with Gasteiger partial charge in [0.1, 0.15) is 4.90 Å². The minimum Gasteiger partial charge on any atom is -0.389 e. The van der Waals surface area contributed by atoms with Crippen molar-refractivity contribution < 1.29 is 13.5 Å². The first-order valence-corrected chi connectivity index (χ1v) is 7.69. The van der Waals surface area contributed by atoms with E-state index in [9.17, 15) is 13.5 Å². The number of nitrogens with one attached hydrogen (secondary N) is 1. The van der Waals surface area contributed by atoms with Crippen molar-refractivity contribution in [2.24, 2.45) is 13.0 Å². The van der Waals surface area contributed by atoms with Crippen LogP contribution in [0.4, 0.5) is 0 Å². The second-order valence-corrected chi connectivity index (χ2v) is 7.16. The van der Waals surface area contributed by atoms with E-state index in [4.69, 9.17) is 0 Å². The standard InChI is InChI=1S/C12H23N3O3S/c1-8(2)12(5,16)7-13-19(17,18)11-9(3)14-15(6)10(11)4/h8,13,16H,7H2,1-6H3.